The van der Waals surface area contributed by atoms with Gasteiger partial charge in [-0.2, -0.15) is 5.10 Å². The van der Waals surface area contributed by atoms with Crippen LogP contribution in [-0.2, 0) is 27.4 Å². The smallest absolute Gasteiger partial charge is 0.296 e. The molecule has 110 valence electrons. The number of nitrogens with zero attached hydrogens (tertiary/aromatic N) is 5. The minimum absolute atomic E-state index is 0.272. The fraction of sp³-hybridized carbons (Fsp3) is 0.500. The van der Waals surface area contributed by atoms with Crippen LogP contribution < -0.4 is 0 Å². The summed E-state index contributed by atoms with van der Waals surface area (Å²) in [5.41, 5.74) is 1.54. The van der Waals surface area contributed by atoms with Crippen LogP contribution in [0.5, 0.6) is 0 Å². The molecule has 0 saturated carbocycles. The van der Waals surface area contributed by atoms with E-state index in [1.54, 1.807) is 17.9 Å². The zero-order chi connectivity index (χ0) is 14.9. The molecule has 10 heteroatoms. The predicted molar refractivity (Wildman–Crippen MR) is 71.9 cm³/mol. The lowest BCUT2D eigenvalue weighted by Crippen LogP contribution is -2.11. The minimum Gasteiger partial charge on any atom is -0.383 e. The Morgan fingerprint density at radius 3 is 2.60 bits per heavy atom. The standard InChI is InChI=1S/C10H14ClN5O3S/c1-7-8(6-12-15(7)2)9-13-14-10(20(11,17)18)16(9)4-5-19-3/h6H,4-5H2,1-3H3. The second kappa shape index (κ2) is 5.51. The molecule has 2 aromatic rings. The van der Waals surface area contributed by atoms with Crippen LogP contribution in [0, 0.1) is 6.92 Å². The van der Waals surface area contributed by atoms with Crippen LogP contribution >= 0.6 is 10.7 Å². The molecular formula is C10H14ClN5O3S. The van der Waals surface area contributed by atoms with Crippen LogP contribution in [0.4, 0.5) is 0 Å². The number of ether oxygens (including phenoxy) is 1. The van der Waals surface area contributed by atoms with E-state index >= 15 is 0 Å². The third-order valence-electron chi connectivity index (χ3n) is 2.93. The van der Waals surface area contributed by atoms with Crippen molar-refractivity contribution < 1.29 is 13.2 Å². The fourth-order valence-electron chi connectivity index (χ4n) is 1.77. The molecule has 0 aliphatic carbocycles. The van der Waals surface area contributed by atoms with Crippen LogP contribution in [0.25, 0.3) is 11.4 Å². The van der Waals surface area contributed by atoms with E-state index in [4.69, 9.17) is 15.4 Å². The highest BCUT2D eigenvalue weighted by molar-refractivity contribution is 8.13. The summed E-state index contributed by atoms with van der Waals surface area (Å²) in [5, 5.41) is 11.4. The Morgan fingerprint density at radius 2 is 2.10 bits per heavy atom. The molecule has 0 saturated heterocycles. The number of aromatic nitrogens is 5. The van der Waals surface area contributed by atoms with Crippen LogP contribution in [0.3, 0.4) is 0 Å². The van der Waals surface area contributed by atoms with Gasteiger partial charge in [-0.1, -0.05) is 0 Å². The molecule has 0 spiro atoms. The lowest BCUT2D eigenvalue weighted by Gasteiger charge is -2.07. The second-order valence-corrected chi connectivity index (χ2v) is 6.62. The average Bonchev–Trinajstić information content (AvgIpc) is 2.91. The van der Waals surface area contributed by atoms with Crippen LogP contribution in [-0.4, -0.2) is 46.7 Å². The third kappa shape index (κ3) is 2.69. The first-order valence-corrected chi connectivity index (χ1v) is 8.03. The quantitative estimate of drug-likeness (QED) is 0.748. The van der Waals surface area contributed by atoms with Gasteiger partial charge in [-0.25, -0.2) is 8.42 Å². The van der Waals surface area contributed by atoms with Crippen molar-refractivity contribution in [2.24, 2.45) is 7.05 Å². The second-order valence-electron chi connectivity index (χ2n) is 4.16. The largest absolute Gasteiger partial charge is 0.383 e. The van der Waals surface area contributed by atoms with Gasteiger partial charge in [0.05, 0.1) is 24.9 Å². The van der Waals surface area contributed by atoms with E-state index in [9.17, 15) is 8.42 Å². The molecule has 0 aromatic carbocycles. The summed E-state index contributed by atoms with van der Waals surface area (Å²) in [5.74, 6) is 0.395. The van der Waals surface area contributed by atoms with E-state index in [1.165, 1.54) is 11.7 Å². The van der Waals surface area contributed by atoms with Crippen molar-refractivity contribution >= 4 is 19.7 Å². The predicted octanol–water partition coefficient (Wildman–Crippen LogP) is 0.561. The Hall–Kier alpha value is -1.45. The maximum Gasteiger partial charge on any atom is 0.296 e. The number of hydrogen-bond donors (Lipinski definition) is 0. The summed E-state index contributed by atoms with van der Waals surface area (Å²) in [6.07, 6.45) is 1.60. The highest BCUT2D eigenvalue weighted by Gasteiger charge is 2.24. The highest BCUT2D eigenvalue weighted by Crippen LogP contribution is 2.24. The SMILES string of the molecule is COCCn1c(-c2cnn(C)c2C)nnc1S(=O)(=O)Cl. The Labute approximate surface area is 120 Å². The van der Waals surface area contributed by atoms with Gasteiger partial charge in [0.1, 0.15) is 0 Å². The molecule has 0 aliphatic rings. The molecule has 0 atom stereocenters. The monoisotopic (exact) mass is 319 g/mol. The van der Waals surface area contributed by atoms with Crippen molar-refractivity contribution in [3.05, 3.63) is 11.9 Å². The zero-order valence-corrected chi connectivity index (χ0v) is 12.8. The van der Waals surface area contributed by atoms with Crippen molar-refractivity contribution in [3.63, 3.8) is 0 Å². The van der Waals surface area contributed by atoms with Gasteiger partial charge in [0.15, 0.2) is 5.82 Å². The Kier molecular flexibility index (Phi) is 4.11. The normalized spacial score (nSPS) is 12.0. The van der Waals surface area contributed by atoms with Crippen LogP contribution in [0.1, 0.15) is 5.69 Å². The van der Waals surface area contributed by atoms with E-state index < -0.39 is 9.05 Å². The lowest BCUT2D eigenvalue weighted by atomic mass is 10.2. The number of methoxy groups -OCH3 is 1. The molecule has 2 aromatic heterocycles. The van der Waals surface area contributed by atoms with Gasteiger partial charge in [-0.15, -0.1) is 10.2 Å². The van der Waals surface area contributed by atoms with Gasteiger partial charge >= 0.3 is 0 Å². The topological polar surface area (TPSA) is 91.9 Å². The van der Waals surface area contributed by atoms with E-state index in [1.807, 2.05) is 6.92 Å². The summed E-state index contributed by atoms with van der Waals surface area (Å²) in [4.78, 5) is 0. The van der Waals surface area contributed by atoms with Gasteiger partial charge < -0.3 is 4.74 Å². The molecule has 0 unspecified atom stereocenters. The fourth-order valence-corrected chi connectivity index (χ4v) is 2.69. The van der Waals surface area contributed by atoms with Crippen molar-refractivity contribution in [1.29, 1.82) is 0 Å². The van der Waals surface area contributed by atoms with Crippen molar-refractivity contribution in [3.8, 4) is 11.4 Å². The molecule has 0 radical (unpaired) electrons. The van der Waals surface area contributed by atoms with Gasteiger partial charge in [0.25, 0.3) is 14.2 Å². The van der Waals surface area contributed by atoms with Crippen molar-refractivity contribution in [2.75, 3.05) is 13.7 Å². The average molecular weight is 320 g/mol. The molecule has 20 heavy (non-hydrogen) atoms. The zero-order valence-electron chi connectivity index (χ0n) is 11.2. The molecular weight excluding hydrogens is 306 g/mol. The van der Waals surface area contributed by atoms with Gasteiger partial charge in [-0.05, 0) is 6.92 Å². The summed E-state index contributed by atoms with van der Waals surface area (Å²) < 4.78 is 31.1. The van der Waals surface area contributed by atoms with Gasteiger partial charge in [0, 0.05) is 30.5 Å². The first kappa shape index (κ1) is 14.9. The molecule has 8 nitrogen and oxygen atoms in total. The molecule has 0 bridgehead atoms. The van der Waals surface area contributed by atoms with E-state index in [0.29, 0.717) is 18.0 Å². The van der Waals surface area contributed by atoms with E-state index in [2.05, 4.69) is 15.3 Å². The van der Waals surface area contributed by atoms with Crippen molar-refractivity contribution in [2.45, 2.75) is 18.6 Å². The maximum absolute atomic E-state index is 11.5. The molecule has 2 heterocycles. The third-order valence-corrected chi connectivity index (χ3v) is 4.08. The molecule has 0 amide bonds. The minimum atomic E-state index is -3.98. The van der Waals surface area contributed by atoms with Crippen LogP contribution in [0.2, 0.25) is 0 Å². The number of rotatable bonds is 5. The van der Waals surface area contributed by atoms with Gasteiger partial charge in [-0.3, -0.25) is 9.25 Å². The number of hydrogen-bond acceptors (Lipinski definition) is 6. The number of halogens is 1. The first-order valence-electron chi connectivity index (χ1n) is 5.72. The Balaban J connectivity index is 2.59. The Morgan fingerprint density at radius 1 is 1.40 bits per heavy atom. The molecule has 0 aliphatic heterocycles. The Bertz CT molecular complexity index is 721. The summed E-state index contributed by atoms with van der Waals surface area (Å²) in [6.45, 7) is 2.44. The summed E-state index contributed by atoms with van der Waals surface area (Å²) in [6, 6.07) is 0. The number of aryl methyl sites for hydroxylation is 1. The summed E-state index contributed by atoms with van der Waals surface area (Å²) in [7, 11) is 4.71. The molecule has 0 fully saturated rings. The van der Waals surface area contributed by atoms with Crippen molar-refractivity contribution in [1.82, 2.24) is 24.5 Å². The van der Waals surface area contributed by atoms with Gasteiger partial charge in [0.2, 0.25) is 0 Å². The first-order chi connectivity index (χ1) is 9.36. The van der Waals surface area contributed by atoms with E-state index in [-0.39, 0.29) is 11.7 Å². The van der Waals surface area contributed by atoms with Crippen LogP contribution in [0.15, 0.2) is 11.4 Å². The lowest BCUT2D eigenvalue weighted by molar-refractivity contribution is 0.185. The molecule has 2 rings (SSSR count). The highest BCUT2D eigenvalue weighted by atomic mass is 35.7. The maximum atomic E-state index is 11.5. The summed E-state index contributed by atoms with van der Waals surface area (Å²) >= 11 is 0. The molecule has 0 N–H and O–H groups in total. The van der Waals surface area contributed by atoms with E-state index in [0.717, 1.165) is 5.69 Å².